The minimum absolute atomic E-state index is 0.319. The Morgan fingerprint density at radius 2 is 2.19 bits per heavy atom. The predicted molar refractivity (Wildman–Crippen MR) is 73.0 cm³/mol. The summed E-state index contributed by atoms with van der Waals surface area (Å²) in [5, 5.41) is 0. The molecular formula is C11H17IN2O2. The molecule has 4 nitrogen and oxygen atoms in total. The van der Waals surface area contributed by atoms with Crippen molar-refractivity contribution in [1.82, 2.24) is 9.88 Å². The number of rotatable bonds is 4. The van der Waals surface area contributed by atoms with Gasteiger partial charge in [0, 0.05) is 18.9 Å². The third kappa shape index (κ3) is 6.73. The maximum Gasteiger partial charge on any atom is 0.339 e. The van der Waals surface area contributed by atoms with E-state index < -0.39 is 0 Å². The molecule has 0 N–H and O–H groups in total. The van der Waals surface area contributed by atoms with Crippen molar-refractivity contribution < 1.29 is 9.53 Å². The van der Waals surface area contributed by atoms with Crippen LogP contribution in [0.25, 0.3) is 0 Å². The Kier molecular flexibility index (Phi) is 9.12. The van der Waals surface area contributed by atoms with Crippen molar-refractivity contribution in [2.24, 2.45) is 0 Å². The number of halogens is 1. The van der Waals surface area contributed by atoms with Gasteiger partial charge < -0.3 is 9.64 Å². The van der Waals surface area contributed by atoms with E-state index in [9.17, 15) is 4.79 Å². The highest BCUT2D eigenvalue weighted by molar-refractivity contribution is 14.1. The number of aromatic nitrogens is 1. The highest BCUT2D eigenvalue weighted by Gasteiger charge is 2.05. The fourth-order valence-electron chi connectivity index (χ4n) is 0.888. The first-order valence-electron chi connectivity index (χ1n) is 4.80. The van der Waals surface area contributed by atoms with Gasteiger partial charge in [0.1, 0.15) is 6.61 Å². The Balaban J connectivity index is 0.00000106. The van der Waals surface area contributed by atoms with Crippen molar-refractivity contribution >= 4 is 28.6 Å². The highest BCUT2D eigenvalue weighted by Crippen LogP contribution is 1.98. The molecule has 0 aliphatic carbocycles. The zero-order valence-corrected chi connectivity index (χ0v) is 12.0. The normalized spacial score (nSPS) is 9.31. The Labute approximate surface area is 110 Å². The van der Waals surface area contributed by atoms with Crippen LogP contribution in [0, 0.1) is 0 Å². The summed E-state index contributed by atoms with van der Waals surface area (Å²) in [4.78, 5) is 19.1. The van der Waals surface area contributed by atoms with E-state index >= 15 is 0 Å². The first-order valence-corrected chi connectivity index (χ1v) is 6.95. The lowest BCUT2D eigenvalue weighted by Crippen LogP contribution is -2.20. The molecule has 0 aliphatic rings. The van der Waals surface area contributed by atoms with Gasteiger partial charge in [0.05, 0.1) is 5.56 Å². The molecule has 16 heavy (non-hydrogen) atoms. The van der Waals surface area contributed by atoms with E-state index in [0.29, 0.717) is 12.2 Å². The van der Waals surface area contributed by atoms with Crippen LogP contribution in [0.15, 0.2) is 24.5 Å². The molecule has 0 atom stereocenters. The van der Waals surface area contributed by atoms with Crippen LogP contribution in [0.5, 0.6) is 0 Å². The third-order valence-electron chi connectivity index (χ3n) is 1.67. The van der Waals surface area contributed by atoms with Crippen LogP contribution in [-0.2, 0) is 4.74 Å². The summed E-state index contributed by atoms with van der Waals surface area (Å²) in [6.45, 7) is 1.13. The van der Waals surface area contributed by atoms with Crippen LogP contribution < -0.4 is 0 Å². The zero-order chi connectivity index (χ0) is 12.4. The van der Waals surface area contributed by atoms with Crippen LogP contribution in [0.1, 0.15) is 10.4 Å². The van der Waals surface area contributed by atoms with Gasteiger partial charge in [-0.3, -0.25) is 4.98 Å². The summed E-state index contributed by atoms with van der Waals surface area (Å²) in [5.41, 5.74) is 0.492. The molecule has 5 heteroatoms. The second kappa shape index (κ2) is 9.53. The monoisotopic (exact) mass is 336 g/mol. The molecule has 0 bridgehead atoms. The van der Waals surface area contributed by atoms with Crippen molar-refractivity contribution in [3.05, 3.63) is 30.1 Å². The average Bonchev–Trinajstić information content (AvgIpc) is 2.32. The maximum absolute atomic E-state index is 11.3. The van der Waals surface area contributed by atoms with Crippen LogP contribution >= 0.6 is 22.6 Å². The number of nitrogens with zero attached hydrogens (tertiary/aromatic N) is 2. The SMILES string of the molecule is CI.CN(C)CCOC(=O)c1cccnc1. The molecule has 1 aromatic heterocycles. The highest BCUT2D eigenvalue weighted by atomic mass is 127. The number of hydrogen-bond acceptors (Lipinski definition) is 4. The number of carbonyl (C=O) groups excluding carboxylic acids is 1. The van der Waals surface area contributed by atoms with Crippen molar-refractivity contribution in [3.8, 4) is 0 Å². The Morgan fingerprint density at radius 3 is 2.69 bits per heavy atom. The van der Waals surface area contributed by atoms with Crippen LogP contribution in [-0.4, -0.2) is 48.0 Å². The molecular weight excluding hydrogens is 319 g/mol. The van der Waals surface area contributed by atoms with E-state index in [0.717, 1.165) is 6.54 Å². The van der Waals surface area contributed by atoms with E-state index in [2.05, 4.69) is 27.6 Å². The number of esters is 1. The van der Waals surface area contributed by atoms with Crippen molar-refractivity contribution in [1.29, 1.82) is 0 Å². The van der Waals surface area contributed by atoms with Crippen LogP contribution in [0.2, 0.25) is 0 Å². The van der Waals surface area contributed by atoms with E-state index in [1.165, 1.54) is 6.20 Å². The molecule has 90 valence electrons. The number of likely N-dealkylation sites (N-methyl/N-ethyl adjacent to an activating group) is 1. The van der Waals surface area contributed by atoms with E-state index in [-0.39, 0.29) is 5.97 Å². The molecule has 0 fully saturated rings. The number of ether oxygens (including phenoxy) is 1. The summed E-state index contributed by atoms with van der Waals surface area (Å²) in [6, 6.07) is 3.40. The lowest BCUT2D eigenvalue weighted by molar-refractivity contribution is 0.0481. The summed E-state index contributed by atoms with van der Waals surface area (Å²) >= 11 is 2.15. The Hall–Kier alpha value is -0.690. The van der Waals surface area contributed by atoms with Gasteiger partial charge >= 0.3 is 5.97 Å². The minimum Gasteiger partial charge on any atom is -0.461 e. The molecule has 0 aromatic carbocycles. The van der Waals surface area contributed by atoms with Gasteiger partial charge in [-0.05, 0) is 31.2 Å². The van der Waals surface area contributed by atoms with Crippen molar-refractivity contribution in [2.45, 2.75) is 0 Å². The summed E-state index contributed by atoms with van der Waals surface area (Å²) < 4.78 is 5.02. The largest absolute Gasteiger partial charge is 0.461 e. The van der Waals surface area contributed by atoms with Gasteiger partial charge in [-0.15, -0.1) is 0 Å². The van der Waals surface area contributed by atoms with Crippen LogP contribution in [0.4, 0.5) is 0 Å². The predicted octanol–water partition coefficient (Wildman–Crippen LogP) is 1.85. The van der Waals surface area contributed by atoms with Gasteiger partial charge in [-0.2, -0.15) is 0 Å². The molecule has 1 aromatic rings. The summed E-state index contributed by atoms with van der Waals surface area (Å²) in [7, 11) is 3.86. The van der Waals surface area contributed by atoms with Gasteiger partial charge in [0.15, 0.2) is 0 Å². The first-order chi connectivity index (χ1) is 7.70. The second-order valence-corrected chi connectivity index (χ2v) is 3.18. The second-order valence-electron chi connectivity index (χ2n) is 3.18. The molecule has 1 heterocycles. The molecule has 0 aliphatic heterocycles. The topological polar surface area (TPSA) is 42.4 Å². The number of hydrogen-bond donors (Lipinski definition) is 0. The van der Waals surface area contributed by atoms with Gasteiger partial charge in [0.2, 0.25) is 0 Å². The van der Waals surface area contributed by atoms with Gasteiger partial charge in [0.25, 0.3) is 0 Å². The van der Waals surface area contributed by atoms with E-state index in [1.54, 1.807) is 18.3 Å². The minimum atomic E-state index is -0.319. The smallest absolute Gasteiger partial charge is 0.339 e. The molecule has 0 amide bonds. The maximum atomic E-state index is 11.3. The molecule has 0 unspecified atom stereocenters. The third-order valence-corrected chi connectivity index (χ3v) is 1.67. The van der Waals surface area contributed by atoms with Crippen LogP contribution in [0.3, 0.4) is 0 Å². The number of alkyl halides is 1. The van der Waals surface area contributed by atoms with Crippen molar-refractivity contribution in [2.75, 3.05) is 32.2 Å². The molecule has 0 saturated heterocycles. The Morgan fingerprint density at radius 1 is 1.50 bits per heavy atom. The Bertz CT molecular complexity index is 291. The standard InChI is InChI=1S/C10H14N2O2.CH3I/c1-12(2)6-7-14-10(13)9-4-3-5-11-8-9;1-2/h3-5,8H,6-7H2,1-2H3;1H3. The average molecular weight is 336 g/mol. The summed E-state index contributed by atoms with van der Waals surface area (Å²) in [6.07, 6.45) is 3.12. The van der Waals surface area contributed by atoms with Gasteiger partial charge in [-0.1, -0.05) is 22.6 Å². The lowest BCUT2D eigenvalue weighted by atomic mass is 10.3. The summed E-state index contributed by atoms with van der Waals surface area (Å²) in [5.74, 6) is -0.319. The number of pyridine rings is 1. The molecule has 1 rings (SSSR count). The fourth-order valence-corrected chi connectivity index (χ4v) is 0.888. The van der Waals surface area contributed by atoms with E-state index in [4.69, 9.17) is 4.74 Å². The van der Waals surface area contributed by atoms with E-state index in [1.807, 2.05) is 23.9 Å². The molecule has 0 spiro atoms. The molecule has 0 saturated carbocycles. The van der Waals surface area contributed by atoms with Gasteiger partial charge in [-0.25, -0.2) is 4.79 Å². The first kappa shape index (κ1) is 15.3. The quantitative estimate of drug-likeness (QED) is 0.478. The lowest BCUT2D eigenvalue weighted by Gasteiger charge is -2.09. The number of carbonyl (C=O) groups is 1. The molecule has 0 radical (unpaired) electrons. The van der Waals surface area contributed by atoms with Crippen molar-refractivity contribution in [3.63, 3.8) is 0 Å². The fraction of sp³-hybridized carbons (Fsp3) is 0.455. The zero-order valence-electron chi connectivity index (χ0n) is 9.81.